The first-order valence-corrected chi connectivity index (χ1v) is 13.0. The Kier molecular flexibility index (Phi) is 10.5. The number of methoxy groups -OCH3 is 2. The largest absolute Gasteiger partial charge is 0.494 e. The number of carbonyl (C=O) groups is 2. The lowest BCUT2D eigenvalue weighted by molar-refractivity contribution is 0.0585. The fourth-order valence-corrected chi connectivity index (χ4v) is 3.77. The van der Waals surface area contributed by atoms with Gasteiger partial charge in [0.05, 0.1) is 26.4 Å². The fourth-order valence-electron chi connectivity index (χ4n) is 3.60. The smallest absolute Gasteiger partial charge is 0.358 e. The van der Waals surface area contributed by atoms with Gasteiger partial charge in [0.1, 0.15) is 22.4 Å². The van der Waals surface area contributed by atoms with E-state index in [4.69, 9.17) is 32.5 Å². The quantitative estimate of drug-likeness (QED) is 0.212. The summed E-state index contributed by atoms with van der Waals surface area (Å²) in [6.45, 7) is 9.92. The van der Waals surface area contributed by atoms with Crippen LogP contribution in [0.4, 0.5) is 11.6 Å². The summed E-state index contributed by atoms with van der Waals surface area (Å²) in [5, 5.41) is 0.00251. The van der Waals surface area contributed by atoms with Crippen LogP contribution < -0.4 is 11.5 Å². The first kappa shape index (κ1) is 31.5. The van der Waals surface area contributed by atoms with Gasteiger partial charge in [0, 0.05) is 11.1 Å². The minimum atomic E-state index is -0.646. The molecule has 0 atom stereocenters. The van der Waals surface area contributed by atoms with Gasteiger partial charge < -0.3 is 25.7 Å². The lowest BCUT2D eigenvalue weighted by Gasteiger charge is -2.14. The Morgan fingerprint density at radius 2 is 1.19 bits per heavy atom. The molecule has 0 aliphatic rings. The topological polar surface area (TPSA) is 165 Å². The number of carbonyl (C=O) groups excluding carboxylic acids is 2. The van der Waals surface area contributed by atoms with Crippen LogP contribution in [-0.2, 0) is 14.2 Å². The number of rotatable bonds is 7. The maximum absolute atomic E-state index is 12.1. The van der Waals surface area contributed by atoms with Crippen LogP contribution in [-0.4, -0.2) is 52.7 Å². The van der Waals surface area contributed by atoms with Gasteiger partial charge in [0.2, 0.25) is 0 Å². The highest BCUT2D eigenvalue weighted by molar-refractivity contribution is 6.35. The molecule has 0 aliphatic carbocycles. The van der Waals surface area contributed by atoms with E-state index in [1.54, 1.807) is 6.92 Å². The zero-order valence-electron chi connectivity index (χ0n) is 23.9. The zero-order valence-corrected chi connectivity index (χ0v) is 24.7. The average Bonchev–Trinajstić information content (AvgIpc) is 2.98. The molecule has 2 aromatic carbocycles. The number of hydrogen-bond acceptors (Lipinski definition) is 11. The van der Waals surface area contributed by atoms with Gasteiger partial charge in [0.15, 0.2) is 23.0 Å². The van der Waals surface area contributed by atoms with E-state index < -0.39 is 11.9 Å². The van der Waals surface area contributed by atoms with Crippen molar-refractivity contribution in [1.82, 2.24) is 19.9 Å². The molecule has 12 heteroatoms. The second kappa shape index (κ2) is 14.0. The minimum Gasteiger partial charge on any atom is -0.494 e. The molecule has 42 heavy (non-hydrogen) atoms. The molecule has 2 aromatic heterocycles. The predicted octanol–water partition coefficient (Wildman–Crippen LogP) is 5.30. The molecule has 0 spiro atoms. The highest BCUT2D eigenvalue weighted by Gasteiger charge is 2.23. The summed E-state index contributed by atoms with van der Waals surface area (Å²) in [4.78, 5) is 40.4. The third-order valence-electron chi connectivity index (χ3n) is 5.79. The van der Waals surface area contributed by atoms with Crippen molar-refractivity contribution in [1.29, 1.82) is 0 Å². The molecule has 0 saturated carbocycles. The first-order valence-electron chi connectivity index (χ1n) is 12.6. The standard InChI is InChI=1S/C17H19N3O3.C13H12ClN3O2/c1-5-23-11(3)13-14(17(21)22-4)19-16(20-15(13)18)12-8-6-10(2)7-9-12;1-7-3-5-8(6-4-7)12-16-10(13(18)19-2)9(14)11(15)17-12/h6-9H,3,5H2,1-2,4H3,(H2,18,19,20);3-6H,1-2H3,(H2,15,16,17). The molecule has 11 nitrogen and oxygen atoms in total. The van der Waals surface area contributed by atoms with E-state index in [-0.39, 0.29) is 39.4 Å². The molecule has 2 heterocycles. The van der Waals surface area contributed by atoms with Crippen molar-refractivity contribution >= 4 is 40.9 Å². The van der Waals surface area contributed by atoms with E-state index in [2.05, 4.69) is 31.3 Å². The number of ether oxygens (including phenoxy) is 3. The van der Waals surface area contributed by atoms with E-state index in [0.717, 1.165) is 22.3 Å². The van der Waals surface area contributed by atoms with E-state index >= 15 is 0 Å². The number of esters is 2. The molecule has 0 aliphatic heterocycles. The van der Waals surface area contributed by atoms with Gasteiger partial charge in [-0.25, -0.2) is 29.5 Å². The van der Waals surface area contributed by atoms with Crippen LogP contribution in [0.15, 0.2) is 55.1 Å². The molecule has 0 saturated heterocycles. The zero-order chi connectivity index (χ0) is 31.0. The number of halogens is 1. The van der Waals surface area contributed by atoms with E-state index in [9.17, 15) is 9.59 Å². The molecule has 4 aromatic rings. The molecule has 0 unspecified atom stereocenters. The van der Waals surface area contributed by atoms with Crippen molar-refractivity contribution in [3.63, 3.8) is 0 Å². The van der Waals surface area contributed by atoms with Crippen LogP contribution in [0.1, 0.15) is 44.6 Å². The van der Waals surface area contributed by atoms with Gasteiger partial charge in [-0.2, -0.15) is 0 Å². The number of benzene rings is 2. The van der Waals surface area contributed by atoms with Crippen molar-refractivity contribution in [2.24, 2.45) is 0 Å². The summed E-state index contributed by atoms with van der Waals surface area (Å²) < 4.78 is 14.7. The van der Waals surface area contributed by atoms with E-state index in [1.165, 1.54) is 14.2 Å². The Labute approximate surface area is 248 Å². The summed E-state index contributed by atoms with van der Waals surface area (Å²) in [6.07, 6.45) is 0. The van der Waals surface area contributed by atoms with Gasteiger partial charge in [0.25, 0.3) is 0 Å². The highest BCUT2D eigenvalue weighted by atomic mass is 35.5. The number of hydrogen-bond donors (Lipinski definition) is 2. The predicted molar refractivity (Wildman–Crippen MR) is 162 cm³/mol. The van der Waals surface area contributed by atoms with Crippen LogP contribution in [0.2, 0.25) is 5.02 Å². The number of nitrogens with zero attached hydrogens (tertiary/aromatic N) is 4. The summed E-state index contributed by atoms with van der Waals surface area (Å²) in [6, 6.07) is 15.1. The Morgan fingerprint density at radius 3 is 1.64 bits per heavy atom. The molecule has 0 amide bonds. The average molecular weight is 591 g/mol. The Balaban J connectivity index is 0.000000235. The number of aromatic nitrogens is 4. The normalized spacial score (nSPS) is 10.2. The molecule has 4 N–H and O–H groups in total. The second-order valence-corrected chi connectivity index (χ2v) is 9.20. The Hall–Kier alpha value is -5.03. The minimum absolute atomic E-state index is 0.00251. The van der Waals surface area contributed by atoms with Crippen LogP contribution in [0, 0.1) is 13.8 Å². The summed E-state index contributed by atoms with van der Waals surface area (Å²) in [5.41, 5.74) is 15.7. The maximum Gasteiger partial charge on any atom is 0.358 e. The lowest BCUT2D eigenvalue weighted by Crippen LogP contribution is -2.14. The van der Waals surface area contributed by atoms with Gasteiger partial charge in [-0.1, -0.05) is 77.8 Å². The first-order chi connectivity index (χ1) is 20.0. The number of nitrogens with two attached hydrogens (primary N) is 2. The van der Waals surface area contributed by atoms with Gasteiger partial charge >= 0.3 is 11.9 Å². The molecule has 218 valence electrons. The van der Waals surface area contributed by atoms with E-state index in [0.29, 0.717) is 18.3 Å². The van der Waals surface area contributed by atoms with Crippen molar-refractivity contribution in [3.8, 4) is 22.8 Å². The maximum atomic E-state index is 12.1. The van der Waals surface area contributed by atoms with Crippen molar-refractivity contribution < 1.29 is 23.8 Å². The van der Waals surface area contributed by atoms with Crippen molar-refractivity contribution in [2.75, 3.05) is 32.3 Å². The van der Waals surface area contributed by atoms with E-state index in [1.807, 2.05) is 62.4 Å². The third kappa shape index (κ3) is 7.38. The van der Waals surface area contributed by atoms with Crippen LogP contribution >= 0.6 is 11.6 Å². The van der Waals surface area contributed by atoms with Gasteiger partial charge in [-0.15, -0.1) is 0 Å². The highest BCUT2D eigenvalue weighted by Crippen LogP contribution is 2.28. The molecular weight excluding hydrogens is 560 g/mol. The summed E-state index contributed by atoms with van der Waals surface area (Å²) in [5.74, 6) is -0.183. The van der Waals surface area contributed by atoms with Crippen molar-refractivity contribution in [3.05, 3.63) is 88.2 Å². The van der Waals surface area contributed by atoms with Crippen LogP contribution in [0.3, 0.4) is 0 Å². The molecule has 0 radical (unpaired) electrons. The SMILES string of the molecule is C=C(OCC)c1c(N)nc(-c2ccc(C)cc2)nc1C(=O)OC.COC(=O)c1nc(-c2ccc(C)cc2)nc(N)c1Cl. The van der Waals surface area contributed by atoms with Crippen molar-refractivity contribution in [2.45, 2.75) is 20.8 Å². The molecule has 0 fully saturated rings. The second-order valence-electron chi connectivity index (χ2n) is 8.82. The third-order valence-corrected chi connectivity index (χ3v) is 6.16. The monoisotopic (exact) mass is 590 g/mol. The number of aryl methyl sites for hydroxylation is 2. The number of nitrogen functional groups attached to an aromatic ring is 2. The van der Waals surface area contributed by atoms with Gasteiger partial charge in [-0.3, -0.25) is 0 Å². The molecular formula is C30H31ClN6O5. The lowest BCUT2D eigenvalue weighted by atomic mass is 10.1. The van der Waals surface area contributed by atoms with Crippen LogP contribution in [0.25, 0.3) is 28.5 Å². The summed E-state index contributed by atoms with van der Waals surface area (Å²) in [7, 11) is 2.53. The van der Waals surface area contributed by atoms with Crippen LogP contribution in [0.5, 0.6) is 0 Å². The fraction of sp³-hybridized carbons (Fsp3) is 0.200. The molecule has 0 bridgehead atoms. The number of anilines is 2. The molecule has 4 rings (SSSR count). The Morgan fingerprint density at radius 1 is 0.762 bits per heavy atom. The Bertz CT molecular complexity index is 1610. The van der Waals surface area contributed by atoms with Gasteiger partial charge in [-0.05, 0) is 20.8 Å². The summed E-state index contributed by atoms with van der Waals surface area (Å²) >= 11 is 5.90.